The lowest BCUT2D eigenvalue weighted by molar-refractivity contribution is 0.0374. The molecule has 2 aliphatic heterocycles. The molecule has 3 aromatic rings. The highest BCUT2D eigenvalue weighted by atomic mass is 35.5. The number of aromatic nitrogens is 2. The lowest BCUT2D eigenvalue weighted by Gasteiger charge is -2.40. The molecule has 6 nitrogen and oxygen atoms in total. The van der Waals surface area contributed by atoms with E-state index in [2.05, 4.69) is 9.97 Å². The number of rotatable bonds is 2. The number of hydrogen-bond acceptors (Lipinski definition) is 4. The van der Waals surface area contributed by atoms with Crippen LogP contribution in [0.15, 0.2) is 61.2 Å². The first-order chi connectivity index (χ1) is 14.0. The summed E-state index contributed by atoms with van der Waals surface area (Å²) in [6.45, 7) is 2.74. The van der Waals surface area contributed by atoms with Gasteiger partial charge in [-0.25, -0.2) is 0 Å². The van der Waals surface area contributed by atoms with Crippen molar-refractivity contribution in [2.45, 2.75) is 12.6 Å². The summed E-state index contributed by atoms with van der Waals surface area (Å²) in [7, 11) is 0. The molecular weight excluding hydrogens is 388 g/mol. The minimum Gasteiger partial charge on any atom is -0.306 e. The summed E-state index contributed by atoms with van der Waals surface area (Å²) in [5.74, 6) is -0.279. The zero-order valence-corrected chi connectivity index (χ0v) is 16.4. The molecule has 1 saturated heterocycles. The molecule has 5 rings (SSSR count). The second-order valence-electron chi connectivity index (χ2n) is 7.26. The maximum Gasteiger partial charge on any atom is 0.257 e. The zero-order valence-electron chi connectivity index (χ0n) is 15.7. The van der Waals surface area contributed by atoms with E-state index in [0.717, 1.165) is 11.1 Å². The molecular formula is C22H17ClN4O2. The Bertz CT molecular complexity index is 1150. The highest BCUT2D eigenvalue weighted by Crippen LogP contribution is 2.49. The standard InChI is InChI=1S/C22H17ClN4O2/c1-14-10-15(12-25-11-14)20(28)26-8-9-27-21(29)18-6-7-24-13-19(18)22(26,27)16-2-4-17(23)5-3-16/h2-7,10-13H,8-9H2,1H3. The molecule has 29 heavy (non-hydrogen) atoms. The van der Waals surface area contributed by atoms with Gasteiger partial charge in [-0.15, -0.1) is 0 Å². The molecule has 0 bridgehead atoms. The van der Waals surface area contributed by atoms with Gasteiger partial charge in [0, 0.05) is 54.0 Å². The smallest absolute Gasteiger partial charge is 0.257 e. The van der Waals surface area contributed by atoms with Crippen LogP contribution in [-0.2, 0) is 5.66 Å². The van der Waals surface area contributed by atoms with Crippen LogP contribution >= 0.6 is 11.6 Å². The Morgan fingerprint density at radius 1 is 1.07 bits per heavy atom. The summed E-state index contributed by atoms with van der Waals surface area (Å²) in [5, 5.41) is 0.589. The lowest BCUT2D eigenvalue weighted by atomic mass is 9.90. The van der Waals surface area contributed by atoms with Crippen LogP contribution in [0.4, 0.5) is 0 Å². The van der Waals surface area contributed by atoms with Crippen LogP contribution in [0.25, 0.3) is 0 Å². The number of benzene rings is 1. The summed E-state index contributed by atoms with van der Waals surface area (Å²) < 4.78 is 0. The molecule has 2 aliphatic rings. The van der Waals surface area contributed by atoms with Crippen LogP contribution in [0, 0.1) is 6.92 Å². The SMILES string of the molecule is Cc1cncc(C(=O)N2CCN3C(=O)c4ccncc4C23c2ccc(Cl)cc2)c1. The van der Waals surface area contributed by atoms with E-state index in [1.54, 1.807) is 52.8 Å². The molecule has 0 saturated carbocycles. The minimum absolute atomic E-state index is 0.102. The molecule has 7 heteroatoms. The minimum atomic E-state index is -1.05. The van der Waals surface area contributed by atoms with E-state index in [1.807, 2.05) is 25.1 Å². The van der Waals surface area contributed by atoms with Crippen molar-refractivity contribution in [1.82, 2.24) is 19.8 Å². The largest absolute Gasteiger partial charge is 0.306 e. The molecule has 1 fully saturated rings. The average Bonchev–Trinajstić information content (AvgIpc) is 3.24. The van der Waals surface area contributed by atoms with Crippen LogP contribution in [0.1, 0.15) is 37.4 Å². The summed E-state index contributed by atoms with van der Waals surface area (Å²) in [6.07, 6.45) is 6.56. The quantitative estimate of drug-likeness (QED) is 0.657. The molecule has 1 aromatic carbocycles. The zero-order chi connectivity index (χ0) is 20.2. The molecule has 4 heterocycles. The molecule has 0 N–H and O–H groups in total. The van der Waals surface area contributed by atoms with E-state index in [9.17, 15) is 9.59 Å². The number of carbonyl (C=O) groups excluding carboxylic acids is 2. The second-order valence-corrected chi connectivity index (χ2v) is 7.70. The van der Waals surface area contributed by atoms with Crippen molar-refractivity contribution in [2.75, 3.05) is 13.1 Å². The van der Waals surface area contributed by atoms with E-state index in [-0.39, 0.29) is 11.8 Å². The van der Waals surface area contributed by atoms with E-state index in [1.165, 1.54) is 0 Å². The third kappa shape index (κ3) is 2.42. The predicted octanol–water partition coefficient (Wildman–Crippen LogP) is 3.25. The number of carbonyl (C=O) groups is 2. The lowest BCUT2D eigenvalue weighted by Crippen LogP contribution is -2.51. The van der Waals surface area contributed by atoms with E-state index < -0.39 is 5.66 Å². The van der Waals surface area contributed by atoms with Gasteiger partial charge in [-0.2, -0.15) is 0 Å². The van der Waals surface area contributed by atoms with Crippen molar-refractivity contribution in [1.29, 1.82) is 0 Å². The number of pyridine rings is 2. The first-order valence-corrected chi connectivity index (χ1v) is 9.67. The number of nitrogens with zero attached hydrogens (tertiary/aromatic N) is 4. The monoisotopic (exact) mass is 404 g/mol. The van der Waals surface area contributed by atoms with E-state index in [0.29, 0.717) is 34.8 Å². The Balaban J connectivity index is 1.75. The van der Waals surface area contributed by atoms with Crippen molar-refractivity contribution >= 4 is 23.4 Å². The highest BCUT2D eigenvalue weighted by Gasteiger charge is 2.59. The first kappa shape index (κ1) is 17.8. The fourth-order valence-electron chi connectivity index (χ4n) is 4.44. The van der Waals surface area contributed by atoms with Crippen molar-refractivity contribution in [3.8, 4) is 0 Å². The van der Waals surface area contributed by atoms with Gasteiger partial charge in [-0.05, 0) is 36.8 Å². The number of amides is 2. The van der Waals surface area contributed by atoms with Gasteiger partial charge < -0.3 is 9.80 Å². The van der Waals surface area contributed by atoms with Crippen molar-refractivity contribution < 1.29 is 9.59 Å². The maximum atomic E-state index is 13.6. The van der Waals surface area contributed by atoms with Crippen LogP contribution in [0.3, 0.4) is 0 Å². The van der Waals surface area contributed by atoms with Gasteiger partial charge >= 0.3 is 0 Å². The average molecular weight is 405 g/mol. The molecule has 1 unspecified atom stereocenters. The Labute approximate surface area is 172 Å². The predicted molar refractivity (Wildman–Crippen MR) is 108 cm³/mol. The van der Waals surface area contributed by atoms with Gasteiger partial charge in [0.25, 0.3) is 11.8 Å². The molecule has 2 amide bonds. The number of hydrogen-bond donors (Lipinski definition) is 0. The van der Waals surface area contributed by atoms with Crippen molar-refractivity contribution in [2.24, 2.45) is 0 Å². The molecule has 0 spiro atoms. The number of halogens is 1. The molecule has 0 radical (unpaired) electrons. The van der Waals surface area contributed by atoms with Gasteiger partial charge in [0.05, 0.1) is 11.1 Å². The fourth-order valence-corrected chi connectivity index (χ4v) is 4.56. The third-order valence-corrected chi connectivity index (χ3v) is 5.87. The van der Waals surface area contributed by atoms with Gasteiger partial charge in [0.1, 0.15) is 0 Å². The van der Waals surface area contributed by atoms with Gasteiger partial charge in [0.15, 0.2) is 5.66 Å². The molecule has 1 atom stereocenters. The van der Waals surface area contributed by atoms with E-state index >= 15 is 0 Å². The number of aryl methyl sites for hydroxylation is 1. The fraction of sp³-hybridized carbons (Fsp3) is 0.182. The highest BCUT2D eigenvalue weighted by molar-refractivity contribution is 6.30. The molecule has 2 aromatic heterocycles. The summed E-state index contributed by atoms with van der Waals surface area (Å²) in [6, 6.07) is 10.8. The second kappa shape index (κ2) is 6.39. The van der Waals surface area contributed by atoms with Crippen LogP contribution in [-0.4, -0.2) is 44.7 Å². The number of fused-ring (bicyclic) bond motifs is 3. The Hall–Kier alpha value is -3.25. The van der Waals surface area contributed by atoms with Gasteiger partial charge in [0.2, 0.25) is 0 Å². The van der Waals surface area contributed by atoms with Crippen LogP contribution in [0.5, 0.6) is 0 Å². The van der Waals surface area contributed by atoms with E-state index in [4.69, 9.17) is 11.6 Å². The van der Waals surface area contributed by atoms with Crippen molar-refractivity contribution in [3.05, 3.63) is 94.0 Å². The van der Waals surface area contributed by atoms with Crippen LogP contribution in [0.2, 0.25) is 5.02 Å². The summed E-state index contributed by atoms with van der Waals surface area (Å²) in [5.41, 5.74) is 2.41. The third-order valence-electron chi connectivity index (χ3n) is 5.61. The Morgan fingerprint density at radius 3 is 2.62 bits per heavy atom. The van der Waals surface area contributed by atoms with Crippen molar-refractivity contribution in [3.63, 3.8) is 0 Å². The van der Waals surface area contributed by atoms with Gasteiger partial charge in [-0.3, -0.25) is 19.6 Å². The molecule has 144 valence electrons. The maximum absolute atomic E-state index is 13.6. The Kier molecular flexibility index (Phi) is 3.93. The molecule has 0 aliphatic carbocycles. The van der Waals surface area contributed by atoms with Gasteiger partial charge in [-0.1, -0.05) is 23.7 Å². The normalized spacial score (nSPS) is 20.0. The van der Waals surface area contributed by atoms with Crippen LogP contribution < -0.4 is 0 Å². The topological polar surface area (TPSA) is 66.4 Å². The Morgan fingerprint density at radius 2 is 1.86 bits per heavy atom. The summed E-state index contributed by atoms with van der Waals surface area (Å²) >= 11 is 6.12. The summed E-state index contributed by atoms with van der Waals surface area (Å²) in [4.78, 5) is 38.7. The first-order valence-electron chi connectivity index (χ1n) is 9.29.